The lowest BCUT2D eigenvalue weighted by Crippen LogP contribution is -2.39. The van der Waals surface area contributed by atoms with Gasteiger partial charge in [0.1, 0.15) is 10.8 Å². The molecule has 0 saturated heterocycles. The smallest absolute Gasteiger partial charge is 0.251 e. The van der Waals surface area contributed by atoms with Gasteiger partial charge in [-0.15, -0.1) is 11.3 Å². The number of anilines is 1. The van der Waals surface area contributed by atoms with Crippen LogP contribution in [0.5, 0.6) is 0 Å². The molecule has 2 heterocycles. The maximum atomic E-state index is 12.2. The lowest BCUT2D eigenvalue weighted by molar-refractivity contribution is -0.120. The number of furan rings is 1. The number of hydrogen-bond donors (Lipinski definition) is 2. The molecule has 0 aliphatic heterocycles. The summed E-state index contributed by atoms with van der Waals surface area (Å²) in [5, 5.41) is 4.93. The second-order valence-electron chi connectivity index (χ2n) is 4.69. The second kappa shape index (κ2) is 6.55. The number of hydrogen-bond acceptors (Lipinski definition) is 5. The molecular formula is C14H17N3O3S. The van der Waals surface area contributed by atoms with Crippen molar-refractivity contribution in [2.24, 2.45) is 5.73 Å². The monoisotopic (exact) mass is 307 g/mol. The first-order valence-corrected chi connectivity index (χ1v) is 7.27. The van der Waals surface area contributed by atoms with Gasteiger partial charge in [-0.05, 0) is 37.6 Å². The highest BCUT2D eigenvalue weighted by Gasteiger charge is 2.21. The predicted molar refractivity (Wildman–Crippen MR) is 81.1 cm³/mol. The largest absolute Gasteiger partial charge is 0.468 e. The quantitative estimate of drug-likeness (QED) is 0.853. The standard InChI is InChI=1S/C14H17N3O3S/c1-9(17(2)8-10-4-3-6-20-10)13(19)16-14-11(12(15)18)5-7-21-14/h3-7,9H,8H2,1-2H3,(H2,15,18)(H,16,19). The number of rotatable bonds is 6. The molecule has 0 bridgehead atoms. The number of nitrogens with zero attached hydrogens (tertiary/aromatic N) is 1. The van der Waals surface area contributed by atoms with Crippen molar-refractivity contribution in [3.05, 3.63) is 41.2 Å². The Morgan fingerprint density at radius 3 is 2.86 bits per heavy atom. The van der Waals surface area contributed by atoms with E-state index in [0.717, 1.165) is 5.76 Å². The molecule has 2 amide bonds. The molecule has 1 unspecified atom stereocenters. The molecule has 0 saturated carbocycles. The van der Waals surface area contributed by atoms with E-state index >= 15 is 0 Å². The molecule has 0 radical (unpaired) electrons. The molecule has 0 aliphatic rings. The highest BCUT2D eigenvalue weighted by molar-refractivity contribution is 7.14. The zero-order valence-corrected chi connectivity index (χ0v) is 12.6. The number of amides is 2. The topological polar surface area (TPSA) is 88.6 Å². The van der Waals surface area contributed by atoms with E-state index in [1.54, 1.807) is 30.7 Å². The van der Waals surface area contributed by atoms with Gasteiger partial charge in [-0.2, -0.15) is 0 Å². The molecule has 6 nitrogen and oxygen atoms in total. The van der Waals surface area contributed by atoms with Gasteiger partial charge in [-0.25, -0.2) is 0 Å². The minimum Gasteiger partial charge on any atom is -0.468 e. The number of nitrogens with one attached hydrogen (secondary N) is 1. The van der Waals surface area contributed by atoms with Gasteiger partial charge >= 0.3 is 0 Å². The fourth-order valence-electron chi connectivity index (χ4n) is 1.80. The molecule has 0 aromatic carbocycles. The van der Waals surface area contributed by atoms with Crippen molar-refractivity contribution >= 4 is 28.2 Å². The molecule has 112 valence electrons. The van der Waals surface area contributed by atoms with E-state index in [2.05, 4.69) is 5.32 Å². The van der Waals surface area contributed by atoms with E-state index in [4.69, 9.17) is 10.2 Å². The van der Waals surface area contributed by atoms with Crippen LogP contribution < -0.4 is 11.1 Å². The zero-order chi connectivity index (χ0) is 15.4. The van der Waals surface area contributed by atoms with E-state index < -0.39 is 5.91 Å². The number of primary amides is 1. The second-order valence-corrected chi connectivity index (χ2v) is 5.60. The number of nitrogens with two attached hydrogens (primary N) is 1. The van der Waals surface area contributed by atoms with Crippen LogP contribution in [0.4, 0.5) is 5.00 Å². The van der Waals surface area contributed by atoms with E-state index in [9.17, 15) is 9.59 Å². The first-order valence-electron chi connectivity index (χ1n) is 6.40. The summed E-state index contributed by atoms with van der Waals surface area (Å²) in [6.45, 7) is 2.31. The van der Waals surface area contributed by atoms with Crippen molar-refractivity contribution in [2.75, 3.05) is 12.4 Å². The Morgan fingerprint density at radius 2 is 2.24 bits per heavy atom. The van der Waals surface area contributed by atoms with Crippen molar-refractivity contribution in [2.45, 2.75) is 19.5 Å². The SMILES string of the molecule is CC(C(=O)Nc1sccc1C(N)=O)N(C)Cc1ccco1. The summed E-state index contributed by atoms with van der Waals surface area (Å²) < 4.78 is 5.26. The number of thiophene rings is 1. The van der Waals surface area contributed by atoms with Crippen molar-refractivity contribution in [1.29, 1.82) is 0 Å². The minimum atomic E-state index is -0.553. The molecule has 2 rings (SSSR count). The normalized spacial score (nSPS) is 12.3. The highest BCUT2D eigenvalue weighted by atomic mass is 32.1. The third-order valence-electron chi connectivity index (χ3n) is 3.19. The molecular weight excluding hydrogens is 290 g/mol. The minimum absolute atomic E-state index is 0.200. The molecule has 0 fully saturated rings. The van der Waals surface area contributed by atoms with E-state index in [-0.39, 0.29) is 11.9 Å². The van der Waals surface area contributed by atoms with Crippen molar-refractivity contribution in [3.8, 4) is 0 Å². The maximum absolute atomic E-state index is 12.2. The highest BCUT2D eigenvalue weighted by Crippen LogP contribution is 2.23. The summed E-state index contributed by atoms with van der Waals surface area (Å²) in [4.78, 5) is 25.3. The van der Waals surface area contributed by atoms with Crippen molar-refractivity contribution in [1.82, 2.24) is 4.90 Å². The van der Waals surface area contributed by atoms with Crippen LogP contribution in [0.2, 0.25) is 0 Å². The Kier molecular flexibility index (Phi) is 4.77. The summed E-state index contributed by atoms with van der Waals surface area (Å²) >= 11 is 1.27. The van der Waals surface area contributed by atoms with Gasteiger partial charge in [0.25, 0.3) is 5.91 Å². The van der Waals surface area contributed by atoms with E-state index in [0.29, 0.717) is 17.1 Å². The van der Waals surface area contributed by atoms with Crippen LogP contribution in [0.15, 0.2) is 34.3 Å². The number of likely N-dealkylation sites (N-methyl/N-ethyl adjacent to an activating group) is 1. The maximum Gasteiger partial charge on any atom is 0.251 e. The summed E-state index contributed by atoms with van der Waals surface area (Å²) in [7, 11) is 1.83. The van der Waals surface area contributed by atoms with Crippen LogP contribution in [0.3, 0.4) is 0 Å². The summed E-state index contributed by atoms with van der Waals surface area (Å²) in [5.41, 5.74) is 5.58. The lowest BCUT2D eigenvalue weighted by Gasteiger charge is -2.22. The fraction of sp³-hybridized carbons (Fsp3) is 0.286. The summed E-state index contributed by atoms with van der Waals surface area (Å²) in [5.74, 6) is 0.0308. The van der Waals surface area contributed by atoms with Crippen LogP contribution in [0.25, 0.3) is 0 Å². The van der Waals surface area contributed by atoms with E-state index in [1.165, 1.54) is 11.3 Å². The summed E-state index contributed by atoms with van der Waals surface area (Å²) in [6.07, 6.45) is 1.60. The molecule has 21 heavy (non-hydrogen) atoms. The number of carbonyl (C=O) groups excluding carboxylic acids is 2. The fourth-order valence-corrected chi connectivity index (χ4v) is 2.60. The Balaban J connectivity index is 1.98. The molecule has 1 atom stereocenters. The van der Waals surface area contributed by atoms with Crippen molar-refractivity contribution < 1.29 is 14.0 Å². The zero-order valence-electron chi connectivity index (χ0n) is 11.8. The van der Waals surface area contributed by atoms with Gasteiger partial charge in [0.05, 0.1) is 24.4 Å². The number of carbonyl (C=O) groups is 2. The van der Waals surface area contributed by atoms with Crippen molar-refractivity contribution in [3.63, 3.8) is 0 Å². The first kappa shape index (κ1) is 15.3. The molecule has 2 aromatic rings. The average molecular weight is 307 g/mol. The van der Waals surface area contributed by atoms with Gasteiger partial charge in [0.15, 0.2) is 0 Å². The average Bonchev–Trinajstić information content (AvgIpc) is 3.08. The van der Waals surface area contributed by atoms with E-state index in [1.807, 2.05) is 18.0 Å². The summed E-state index contributed by atoms with van der Waals surface area (Å²) in [6, 6.07) is 4.88. The Bertz CT molecular complexity index is 621. The molecule has 2 aromatic heterocycles. The third-order valence-corrected chi connectivity index (χ3v) is 4.02. The van der Waals surface area contributed by atoms with Gasteiger partial charge in [-0.1, -0.05) is 0 Å². The molecule has 0 aliphatic carbocycles. The molecule has 7 heteroatoms. The first-order chi connectivity index (χ1) is 9.99. The molecule has 3 N–H and O–H groups in total. The van der Waals surface area contributed by atoms with Crippen LogP contribution >= 0.6 is 11.3 Å². The Hall–Kier alpha value is -2.12. The molecule has 0 spiro atoms. The van der Waals surface area contributed by atoms with Crippen LogP contribution in [-0.2, 0) is 11.3 Å². The van der Waals surface area contributed by atoms with Gasteiger partial charge in [0.2, 0.25) is 5.91 Å². The lowest BCUT2D eigenvalue weighted by atomic mass is 10.2. The Labute approximate surface area is 126 Å². The van der Waals surface area contributed by atoms with Crippen LogP contribution in [0.1, 0.15) is 23.0 Å². The van der Waals surface area contributed by atoms with Crippen LogP contribution in [0, 0.1) is 0 Å². The third kappa shape index (κ3) is 3.71. The van der Waals surface area contributed by atoms with Gasteiger partial charge < -0.3 is 15.5 Å². The van der Waals surface area contributed by atoms with Crippen LogP contribution in [-0.4, -0.2) is 29.8 Å². The van der Waals surface area contributed by atoms with Gasteiger partial charge in [-0.3, -0.25) is 14.5 Å². The predicted octanol–water partition coefficient (Wildman–Crippen LogP) is 1.90. The Morgan fingerprint density at radius 1 is 1.48 bits per heavy atom. The van der Waals surface area contributed by atoms with Gasteiger partial charge in [0, 0.05) is 0 Å².